The Labute approximate surface area is 194 Å². The predicted molar refractivity (Wildman–Crippen MR) is 126 cm³/mol. The monoisotopic (exact) mass is 531 g/mol. The van der Waals surface area contributed by atoms with E-state index in [9.17, 15) is 4.39 Å². The van der Waals surface area contributed by atoms with Crippen molar-refractivity contribution < 1.29 is 13.9 Å². The number of hydrogen-bond acceptors (Lipinski definition) is 4. The summed E-state index contributed by atoms with van der Waals surface area (Å²) in [5.41, 5.74) is 1.09. The Morgan fingerprint density at radius 3 is 2.83 bits per heavy atom. The van der Waals surface area contributed by atoms with E-state index in [4.69, 9.17) is 14.5 Å². The maximum atomic E-state index is 12.9. The van der Waals surface area contributed by atoms with E-state index in [2.05, 4.69) is 22.2 Å². The highest BCUT2D eigenvalue weighted by atomic mass is 127. The fourth-order valence-electron chi connectivity index (χ4n) is 3.20. The maximum absolute atomic E-state index is 12.9. The molecule has 1 aliphatic heterocycles. The van der Waals surface area contributed by atoms with Gasteiger partial charge in [-0.25, -0.2) is 4.39 Å². The molecule has 0 amide bonds. The molecule has 1 aromatic carbocycles. The molecule has 2 aromatic rings. The summed E-state index contributed by atoms with van der Waals surface area (Å²) in [4.78, 5) is 7.03. The SMILES string of the molecule is CCNC(=NCCCCOc1ccc(F)cc1)N1CCOC(c2cnn(C)c2)C1.I. The Morgan fingerprint density at radius 1 is 1.33 bits per heavy atom. The second-order valence-electron chi connectivity index (χ2n) is 7.00. The summed E-state index contributed by atoms with van der Waals surface area (Å²) in [5, 5.41) is 7.63. The molecule has 0 spiro atoms. The van der Waals surface area contributed by atoms with E-state index in [1.54, 1.807) is 16.8 Å². The number of hydrogen-bond donors (Lipinski definition) is 1. The molecule has 1 aromatic heterocycles. The van der Waals surface area contributed by atoms with Crippen molar-refractivity contribution in [2.75, 3.05) is 39.4 Å². The van der Waals surface area contributed by atoms with Crippen LogP contribution in [0.4, 0.5) is 4.39 Å². The molecule has 0 bridgehead atoms. The smallest absolute Gasteiger partial charge is 0.194 e. The molecule has 0 saturated carbocycles. The molecule has 9 heteroatoms. The molecule has 0 radical (unpaired) electrons. The highest BCUT2D eigenvalue weighted by molar-refractivity contribution is 14.0. The fraction of sp³-hybridized carbons (Fsp3) is 0.524. The number of aryl methyl sites for hydroxylation is 1. The van der Waals surface area contributed by atoms with Crippen molar-refractivity contribution in [3.8, 4) is 5.75 Å². The molecule has 0 aliphatic carbocycles. The summed E-state index contributed by atoms with van der Waals surface area (Å²) in [6.07, 6.45) is 5.68. The minimum Gasteiger partial charge on any atom is -0.494 e. The Bertz CT molecular complexity index is 784. The third-order valence-corrected chi connectivity index (χ3v) is 4.69. The molecule has 2 heterocycles. The Morgan fingerprint density at radius 2 is 2.13 bits per heavy atom. The van der Waals surface area contributed by atoms with E-state index < -0.39 is 0 Å². The third kappa shape index (κ3) is 7.42. The molecule has 1 unspecified atom stereocenters. The van der Waals surface area contributed by atoms with Crippen molar-refractivity contribution in [1.29, 1.82) is 0 Å². The average molecular weight is 531 g/mol. The first-order chi connectivity index (χ1) is 14.2. The molecule has 1 saturated heterocycles. The van der Waals surface area contributed by atoms with E-state index >= 15 is 0 Å². The molecule has 166 valence electrons. The van der Waals surface area contributed by atoms with Crippen LogP contribution in [-0.2, 0) is 11.8 Å². The summed E-state index contributed by atoms with van der Waals surface area (Å²) >= 11 is 0. The lowest BCUT2D eigenvalue weighted by Gasteiger charge is -2.34. The quantitative estimate of drug-likeness (QED) is 0.245. The largest absolute Gasteiger partial charge is 0.494 e. The number of aliphatic imine (C=N–C) groups is 1. The number of unbranched alkanes of at least 4 members (excludes halogenated alkanes) is 1. The maximum Gasteiger partial charge on any atom is 0.194 e. The molecule has 1 atom stereocenters. The van der Waals surface area contributed by atoms with Crippen molar-refractivity contribution in [2.45, 2.75) is 25.9 Å². The standard InChI is InChI=1S/C21H30FN5O2.HI/c1-3-23-21(24-10-4-5-12-28-19-8-6-18(22)7-9-19)27-11-13-29-20(16-27)17-14-25-26(2)15-17;/h6-9,14-15,20H,3-5,10-13,16H2,1-2H3,(H,23,24);1H. The lowest BCUT2D eigenvalue weighted by molar-refractivity contribution is -0.00804. The number of morpholine rings is 1. The van der Waals surface area contributed by atoms with Crippen LogP contribution in [0.5, 0.6) is 5.75 Å². The molecule has 1 N–H and O–H groups in total. The first-order valence-electron chi connectivity index (χ1n) is 10.2. The van der Waals surface area contributed by atoms with Gasteiger partial charge in [0.1, 0.15) is 17.7 Å². The van der Waals surface area contributed by atoms with E-state index in [1.165, 1.54) is 12.1 Å². The van der Waals surface area contributed by atoms with Gasteiger partial charge in [0.25, 0.3) is 0 Å². The number of benzene rings is 1. The van der Waals surface area contributed by atoms with Crippen LogP contribution in [0.15, 0.2) is 41.7 Å². The van der Waals surface area contributed by atoms with Gasteiger partial charge in [0.2, 0.25) is 0 Å². The Hall–Kier alpha value is -1.88. The van der Waals surface area contributed by atoms with E-state index in [1.807, 2.05) is 19.4 Å². The first-order valence-corrected chi connectivity index (χ1v) is 10.2. The summed E-state index contributed by atoms with van der Waals surface area (Å²) in [6, 6.07) is 6.11. The summed E-state index contributed by atoms with van der Waals surface area (Å²) in [6.45, 7) is 6.45. The van der Waals surface area contributed by atoms with Crippen molar-refractivity contribution in [2.24, 2.45) is 12.0 Å². The van der Waals surface area contributed by atoms with Crippen molar-refractivity contribution in [3.05, 3.63) is 48.0 Å². The second kappa shape index (κ2) is 12.7. The van der Waals surface area contributed by atoms with Crippen LogP contribution >= 0.6 is 24.0 Å². The number of nitrogens with one attached hydrogen (secondary N) is 1. The molecule has 30 heavy (non-hydrogen) atoms. The van der Waals surface area contributed by atoms with Gasteiger partial charge in [0.05, 0.1) is 26.0 Å². The van der Waals surface area contributed by atoms with Gasteiger partial charge in [-0.1, -0.05) is 0 Å². The van der Waals surface area contributed by atoms with Crippen molar-refractivity contribution >= 4 is 29.9 Å². The van der Waals surface area contributed by atoms with Crippen LogP contribution < -0.4 is 10.1 Å². The number of halogens is 2. The molecule has 1 aliphatic rings. The minimum absolute atomic E-state index is 0. The van der Waals surface area contributed by atoms with Crippen LogP contribution in [0, 0.1) is 5.82 Å². The van der Waals surface area contributed by atoms with Gasteiger partial charge in [-0.2, -0.15) is 5.10 Å². The zero-order valence-electron chi connectivity index (χ0n) is 17.6. The zero-order valence-corrected chi connectivity index (χ0v) is 19.9. The van der Waals surface area contributed by atoms with Gasteiger partial charge in [0, 0.05) is 38.4 Å². The highest BCUT2D eigenvalue weighted by Gasteiger charge is 2.25. The number of aromatic nitrogens is 2. The summed E-state index contributed by atoms with van der Waals surface area (Å²) < 4.78 is 26.2. The average Bonchev–Trinajstić information content (AvgIpc) is 3.17. The van der Waals surface area contributed by atoms with Crippen molar-refractivity contribution in [3.63, 3.8) is 0 Å². The predicted octanol–water partition coefficient (Wildman–Crippen LogP) is 3.38. The van der Waals surface area contributed by atoms with E-state index in [0.717, 1.165) is 50.5 Å². The summed E-state index contributed by atoms with van der Waals surface area (Å²) in [5.74, 6) is 1.36. The van der Waals surface area contributed by atoms with Gasteiger partial charge in [-0.15, -0.1) is 24.0 Å². The number of guanidine groups is 1. The fourth-order valence-corrected chi connectivity index (χ4v) is 3.20. The molecule has 7 nitrogen and oxygen atoms in total. The molecule has 3 rings (SSSR count). The molecular weight excluding hydrogens is 500 g/mol. The zero-order chi connectivity index (χ0) is 20.5. The molecule has 1 fully saturated rings. The van der Waals surface area contributed by atoms with Crippen molar-refractivity contribution in [1.82, 2.24) is 20.0 Å². The van der Waals surface area contributed by atoms with Gasteiger partial charge in [0.15, 0.2) is 5.96 Å². The lowest BCUT2D eigenvalue weighted by atomic mass is 10.1. The van der Waals surface area contributed by atoms with E-state index in [0.29, 0.717) is 19.0 Å². The van der Waals surface area contributed by atoms with Crippen LogP contribution in [0.25, 0.3) is 0 Å². The Kier molecular flexibility index (Phi) is 10.4. The van der Waals surface area contributed by atoms with Gasteiger partial charge < -0.3 is 19.7 Å². The Balaban J connectivity index is 0.00000320. The third-order valence-electron chi connectivity index (χ3n) is 4.69. The normalized spacial score (nSPS) is 16.8. The van der Waals surface area contributed by atoms with Crippen LogP contribution in [0.3, 0.4) is 0 Å². The minimum atomic E-state index is -0.253. The lowest BCUT2D eigenvalue weighted by Crippen LogP contribution is -2.48. The van der Waals surface area contributed by atoms with Crippen LogP contribution in [-0.4, -0.2) is 60.0 Å². The molecular formula is C21H31FIN5O2. The van der Waals surface area contributed by atoms with Gasteiger partial charge >= 0.3 is 0 Å². The van der Waals surface area contributed by atoms with E-state index in [-0.39, 0.29) is 35.9 Å². The topological polar surface area (TPSA) is 63.9 Å². The van der Waals surface area contributed by atoms with Crippen LogP contribution in [0.2, 0.25) is 0 Å². The number of rotatable bonds is 8. The number of ether oxygens (including phenoxy) is 2. The highest BCUT2D eigenvalue weighted by Crippen LogP contribution is 2.21. The summed E-state index contributed by atoms with van der Waals surface area (Å²) in [7, 11) is 1.91. The van der Waals surface area contributed by atoms with Gasteiger partial charge in [-0.05, 0) is 44.0 Å². The van der Waals surface area contributed by atoms with Gasteiger partial charge in [-0.3, -0.25) is 9.67 Å². The van der Waals surface area contributed by atoms with Crippen LogP contribution in [0.1, 0.15) is 31.4 Å². The number of nitrogens with zero attached hydrogens (tertiary/aromatic N) is 4. The first kappa shape index (κ1) is 24.4. The second-order valence-corrected chi connectivity index (χ2v) is 7.00.